The zero-order valence-corrected chi connectivity index (χ0v) is 15.4. The number of ether oxygens (including phenoxy) is 3. The van der Waals surface area contributed by atoms with Gasteiger partial charge in [-0.2, -0.15) is 0 Å². The molecule has 0 spiro atoms. The summed E-state index contributed by atoms with van der Waals surface area (Å²) in [6, 6.07) is 7.01. The van der Waals surface area contributed by atoms with Crippen molar-refractivity contribution in [3.63, 3.8) is 0 Å². The molecular weight excluding hydrogens is 397 g/mol. The van der Waals surface area contributed by atoms with Crippen LogP contribution in [0.25, 0.3) is 0 Å². The molecule has 0 heterocycles. The second-order valence-electron chi connectivity index (χ2n) is 5.32. The van der Waals surface area contributed by atoms with E-state index in [-0.39, 0.29) is 18.6 Å². The van der Waals surface area contributed by atoms with E-state index in [9.17, 15) is 5.11 Å². The molecule has 1 aromatic carbocycles. The molecule has 0 saturated heterocycles. The molecule has 1 rings (SSSR count). The van der Waals surface area contributed by atoms with E-state index in [0.717, 1.165) is 16.8 Å². The Morgan fingerprint density at radius 3 is 2.18 bits per heavy atom. The minimum Gasteiger partial charge on any atom is -0.491 e. The Labute approximate surface area is 146 Å². The SMILES string of the molecule is CC(C)C(N)C(O)COc1ccc(OCCOCCI)cc1. The van der Waals surface area contributed by atoms with Gasteiger partial charge in [-0.15, -0.1) is 0 Å². The largest absolute Gasteiger partial charge is 0.491 e. The van der Waals surface area contributed by atoms with Crippen molar-refractivity contribution >= 4 is 22.6 Å². The first-order chi connectivity index (χ1) is 10.5. The number of alkyl halides is 1. The van der Waals surface area contributed by atoms with E-state index in [0.29, 0.717) is 19.0 Å². The lowest BCUT2D eigenvalue weighted by Gasteiger charge is -2.22. The summed E-state index contributed by atoms with van der Waals surface area (Å²) < 4.78 is 17.4. The Morgan fingerprint density at radius 2 is 1.64 bits per heavy atom. The third-order valence-electron chi connectivity index (χ3n) is 3.18. The van der Waals surface area contributed by atoms with E-state index in [1.54, 1.807) is 0 Å². The van der Waals surface area contributed by atoms with Gasteiger partial charge < -0.3 is 25.1 Å². The maximum Gasteiger partial charge on any atom is 0.119 e. The minimum atomic E-state index is -0.675. The first kappa shape index (κ1) is 19.5. The highest BCUT2D eigenvalue weighted by atomic mass is 127. The van der Waals surface area contributed by atoms with Crippen molar-refractivity contribution in [2.24, 2.45) is 11.7 Å². The topological polar surface area (TPSA) is 73.9 Å². The first-order valence-corrected chi connectivity index (χ1v) is 9.00. The molecular formula is C16H26INO4. The molecule has 0 aliphatic rings. The van der Waals surface area contributed by atoms with Crippen LogP contribution in [-0.2, 0) is 4.74 Å². The number of benzene rings is 1. The molecule has 0 fully saturated rings. The van der Waals surface area contributed by atoms with E-state index >= 15 is 0 Å². The molecule has 0 amide bonds. The highest BCUT2D eigenvalue weighted by Gasteiger charge is 2.18. The van der Waals surface area contributed by atoms with Crippen LogP contribution in [0.3, 0.4) is 0 Å². The Morgan fingerprint density at radius 1 is 1.05 bits per heavy atom. The van der Waals surface area contributed by atoms with E-state index in [1.807, 2.05) is 38.1 Å². The van der Waals surface area contributed by atoms with Gasteiger partial charge in [0.25, 0.3) is 0 Å². The Balaban J connectivity index is 2.29. The third kappa shape index (κ3) is 7.62. The Bertz CT molecular complexity index is 400. The molecule has 126 valence electrons. The van der Waals surface area contributed by atoms with E-state index in [2.05, 4.69) is 22.6 Å². The van der Waals surface area contributed by atoms with Crippen LogP contribution in [0.4, 0.5) is 0 Å². The summed E-state index contributed by atoms with van der Waals surface area (Å²) in [7, 11) is 0. The summed E-state index contributed by atoms with van der Waals surface area (Å²) in [5.74, 6) is 1.66. The quantitative estimate of drug-likeness (QED) is 0.325. The van der Waals surface area contributed by atoms with Crippen LogP contribution in [0.2, 0.25) is 0 Å². The van der Waals surface area contributed by atoms with Crippen LogP contribution in [-0.4, -0.2) is 48.1 Å². The van der Waals surface area contributed by atoms with Gasteiger partial charge >= 0.3 is 0 Å². The summed E-state index contributed by atoms with van der Waals surface area (Å²) in [4.78, 5) is 0. The average Bonchev–Trinajstić information content (AvgIpc) is 2.52. The van der Waals surface area contributed by atoms with Gasteiger partial charge in [0.15, 0.2) is 0 Å². The Kier molecular flexibility index (Phi) is 9.77. The number of halogens is 1. The minimum absolute atomic E-state index is 0.184. The number of nitrogens with two attached hydrogens (primary N) is 1. The van der Waals surface area contributed by atoms with Crippen molar-refractivity contribution in [1.82, 2.24) is 0 Å². The number of aliphatic hydroxyl groups is 1. The molecule has 0 aliphatic carbocycles. The van der Waals surface area contributed by atoms with Crippen LogP contribution >= 0.6 is 22.6 Å². The van der Waals surface area contributed by atoms with Gasteiger partial charge in [0.2, 0.25) is 0 Å². The number of aliphatic hydroxyl groups excluding tert-OH is 1. The van der Waals surface area contributed by atoms with Gasteiger partial charge in [-0.1, -0.05) is 36.4 Å². The number of hydrogen-bond donors (Lipinski definition) is 2. The molecule has 2 unspecified atom stereocenters. The normalized spacial score (nSPS) is 13.9. The standard InChI is InChI=1S/C16H26INO4/c1-12(2)16(18)15(19)11-22-14-5-3-13(4-6-14)21-10-9-20-8-7-17/h3-6,12,15-16,19H,7-11,18H2,1-2H3. The van der Waals surface area contributed by atoms with Crippen molar-refractivity contribution in [2.45, 2.75) is 26.0 Å². The van der Waals surface area contributed by atoms with Gasteiger partial charge in [-0.05, 0) is 30.2 Å². The number of hydrogen-bond acceptors (Lipinski definition) is 5. The third-order valence-corrected chi connectivity index (χ3v) is 3.62. The summed E-state index contributed by atoms with van der Waals surface area (Å²) in [5, 5.41) is 9.90. The summed E-state index contributed by atoms with van der Waals surface area (Å²) in [6.45, 7) is 5.99. The molecule has 0 radical (unpaired) electrons. The predicted molar refractivity (Wildman–Crippen MR) is 96.0 cm³/mol. The maximum atomic E-state index is 9.90. The first-order valence-electron chi connectivity index (χ1n) is 7.47. The second-order valence-corrected chi connectivity index (χ2v) is 6.40. The lowest BCUT2D eigenvalue weighted by molar-refractivity contribution is 0.0715. The molecule has 0 aliphatic heterocycles. The predicted octanol–water partition coefficient (Wildman–Crippen LogP) is 2.24. The zero-order valence-electron chi connectivity index (χ0n) is 13.2. The van der Waals surface area contributed by atoms with Crippen molar-refractivity contribution < 1.29 is 19.3 Å². The van der Waals surface area contributed by atoms with Gasteiger partial charge in [-0.25, -0.2) is 0 Å². The van der Waals surface area contributed by atoms with Crippen molar-refractivity contribution in [1.29, 1.82) is 0 Å². The fourth-order valence-corrected chi connectivity index (χ4v) is 2.06. The van der Waals surface area contributed by atoms with Crippen LogP contribution in [0.15, 0.2) is 24.3 Å². The van der Waals surface area contributed by atoms with Gasteiger partial charge in [0.05, 0.1) is 13.2 Å². The summed E-state index contributed by atoms with van der Waals surface area (Å²) in [5.41, 5.74) is 5.88. The smallest absolute Gasteiger partial charge is 0.119 e. The lowest BCUT2D eigenvalue weighted by atomic mass is 10.0. The van der Waals surface area contributed by atoms with Crippen LogP contribution in [0.1, 0.15) is 13.8 Å². The average molecular weight is 423 g/mol. The monoisotopic (exact) mass is 423 g/mol. The highest BCUT2D eigenvalue weighted by Crippen LogP contribution is 2.18. The summed E-state index contributed by atoms with van der Waals surface area (Å²) in [6.07, 6.45) is -0.675. The fourth-order valence-electron chi connectivity index (χ4n) is 1.74. The zero-order chi connectivity index (χ0) is 16.4. The van der Waals surface area contributed by atoms with Gasteiger partial charge in [0, 0.05) is 10.5 Å². The van der Waals surface area contributed by atoms with E-state index in [4.69, 9.17) is 19.9 Å². The summed E-state index contributed by atoms with van der Waals surface area (Å²) >= 11 is 2.27. The molecule has 3 N–H and O–H groups in total. The second kappa shape index (κ2) is 11.0. The molecule has 1 aromatic rings. The van der Waals surface area contributed by atoms with Crippen LogP contribution in [0.5, 0.6) is 11.5 Å². The van der Waals surface area contributed by atoms with Gasteiger partial charge in [-0.3, -0.25) is 0 Å². The van der Waals surface area contributed by atoms with Gasteiger partial charge in [0.1, 0.15) is 30.8 Å². The highest BCUT2D eigenvalue weighted by molar-refractivity contribution is 14.1. The van der Waals surface area contributed by atoms with Crippen molar-refractivity contribution in [2.75, 3.05) is 30.9 Å². The van der Waals surface area contributed by atoms with Crippen LogP contribution in [0, 0.1) is 5.92 Å². The van der Waals surface area contributed by atoms with Crippen LogP contribution < -0.4 is 15.2 Å². The molecule has 6 heteroatoms. The fraction of sp³-hybridized carbons (Fsp3) is 0.625. The van der Waals surface area contributed by atoms with Crippen molar-refractivity contribution in [3.8, 4) is 11.5 Å². The van der Waals surface area contributed by atoms with E-state index < -0.39 is 6.10 Å². The molecule has 2 atom stereocenters. The Hall–Kier alpha value is -0.570. The molecule has 0 aromatic heterocycles. The van der Waals surface area contributed by atoms with Crippen molar-refractivity contribution in [3.05, 3.63) is 24.3 Å². The van der Waals surface area contributed by atoms with E-state index in [1.165, 1.54) is 0 Å². The molecule has 0 saturated carbocycles. The maximum absolute atomic E-state index is 9.90. The lowest BCUT2D eigenvalue weighted by Crippen LogP contribution is -2.42. The molecule has 5 nitrogen and oxygen atoms in total. The molecule has 0 bridgehead atoms. The molecule has 22 heavy (non-hydrogen) atoms. The number of rotatable bonds is 11.